The minimum atomic E-state index is -0.864. The maximum absolute atomic E-state index is 13.3. The summed E-state index contributed by atoms with van der Waals surface area (Å²) in [4.78, 5) is 11.8. The molecule has 2 rings (SSSR count). The first kappa shape index (κ1) is 13.5. The molecule has 0 heterocycles. The topological polar surface area (TPSA) is 26.3 Å². The summed E-state index contributed by atoms with van der Waals surface area (Å²) in [6, 6.07) is 4.57. The molecule has 100 valence electrons. The predicted octanol–water partition coefficient (Wildman–Crippen LogP) is 3.66. The van der Waals surface area contributed by atoms with E-state index in [0.717, 1.165) is 24.0 Å². The molecule has 0 saturated heterocycles. The van der Waals surface area contributed by atoms with Gasteiger partial charge in [-0.25, -0.2) is 9.18 Å². The van der Waals surface area contributed by atoms with Crippen LogP contribution in [0.1, 0.15) is 30.9 Å². The minimum Gasteiger partial charge on any atom is -0.447 e. The van der Waals surface area contributed by atoms with E-state index in [-0.39, 0.29) is 5.82 Å². The first-order valence-electron chi connectivity index (χ1n) is 6.30. The normalized spacial score (nSPS) is 21.4. The van der Waals surface area contributed by atoms with Gasteiger partial charge in [0.05, 0.1) is 0 Å². The molecule has 0 fully saturated rings. The van der Waals surface area contributed by atoms with Gasteiger partial charge in [0.25, 0.3) is 0 Å². The molecule has 0 aromatic heterocycles. The van der Waals surface area contributed by atoms with Crippen molar-refractivity contribution in [2.45, 2.75) is 31.8 Å². The van der Waals surface area contributed by atoms with Crippen molar-refractivity contribution in [2.24, 2.45) is 0 Å². The highest BCUT2D eigenvalue weighted by Gasteiger charge is 2.37. The summed E-state index contributed by atoms with van der Waals surface area (Å²) in [5.41, 5.74) is 1.18. The van der Waals surface area contributed by atoms with Crippen LogP contribution in [0.15, 0.2) is 43.0 Å². The van der Waals surface area contributed by atoms with Gasteiger partial charge in [0.1, 0.15) is 5.82 Å². The van der Waals surface area contributed by atoms with Crippen molar-refractivity contribution in [2.75, 3.05) is 0 Å². The summed E-state index contributed by atoms with van der Waals surface area (Å²) in [6.45, 7) is 8.98. The third-order valence-electron chi connectivity index (χ3n) is 3.47. The summed E-state index contributed by atoms with van der Waals surface area (Å²) >= 11 is 0. The Hall–Kier alpha value is -1.90. The third-order valence-corrected chi connectivity index (χ3v) is 3.47. The quantitative estimate of drug-likeness (QED) is 0.471. The highest BCUT2D eigenvalue weighted by atomic mass is 19.1. The van der Waals surface area contributed by atoms with Gasteiger partial charge in [0.15, 0.2) is 5.60 Å². The molecule has 0 spiro atoms. The number of ether oxygens (including phenoxy) is 1. The van der Waals surface area contributed by atoms with Gasteiger partial charge < -0.3 is 4.74 Å². The van der Waals surface area contributed by atoms with Crippen LogP contribution in [-0.2, 0) is 21.6 Å². The maximum Gasteiger partial charge on any atom is 0.334 e. The van der Waals surface area contributed by atoms with Crippen LogP contribution in [0.2, 0.25) is 0 Å². The maximum atomic E-state index is 13.3. The molecule has 1 aromatic rings. The van der Waals surface area contributed by atoms with Crippen molar-refractivity contribution < 1.29 is 13.9 Å². The average molecular weight is 260 g/mol. The average Bonchev–Trinajstić information content (AvgIpc) is 2.38. The van der Waals surface area contributed by atoms with Crippen molar-refractivity contribution in [1.29, 1.82) is 0 Å². The smallest absolute Gasteiger partial charge is 0.334 e. The largest absolute Gasteiger partial charge is 0.447 e. The molecule has 0 N–H and O–H groups in total. The van der Waals surface area contributed by atoms with Crippen LogP contribution >= 0.6 is 0 Å². The minimum absolute atomic E-state index is 0.273. The zero-order valence-corrected chi connectivity index (χ0v) is 11.0. The summed E-state index contributed by atoms with van der Waals surface area (Å²) in [5, 5.41) is 0. The molecule has 1 aromatic carbocycles. The summed E-state index contributed by atoms with van der Waals surface area (Å²) < 4.78 is 18.9. The Balaban J connectivity index is 2.45. The number of carbonyl (C=O) groups excluding carboxylic acids is 1. The standard InChI is InChI=1S/C16H17FO2/c1-4-16(19-15(18)11(2)3)9-5-6-12-10-13(17)7-8-14(12)16/h4,7-8,10H,1-2,5-6,9H2,3H3. The zero-order valence-electron chi connectivity index (χ0n) is 11.0. The Bertz CT molecular complexity index is 548. The summed E-state index contributed by atoms with van der Waals surface area (Å²) in [7, 11) is 0. The zero-order chi connectivity index (χ0) is 14.0. The van der Waals surface area contributed by atoms with Crippen molar-refractivity contribution in [3.05, 3.63) is 60.0 Å². The van der Waals surface area contributed by atoms with Crippen LogP contribution in [0.3, 0.4) is 0 Å². The van der Waals surface area contributed by atoms with E-state index in [1.165, 1.54) is 12.1 Å². The molecule has 19 heavy (non-hydrogen) atoms. The fraction of sp³-hybridized carbons (Fsp3) is 0.312. The van der Waals surface area contributed by atoms with Gasteiger partial charge in [0, 0.05) is 11.1 Å². The van der Waals surface area contributed by atoms with Gasteiger partial charge in [-0.2, -0.15) is 0 Å². The number of hydrogen-bond donors (Lipinski definition) is 0. The van der Waals surface area contributed by atoms with E-state index in [1.54, 1.807) is 19.1 Å². The van der Waals surface area contributed by atoms with E-state index >= 15 is 0 Å². The Kier molecular flexibility index (Phi) is 3.56. The molecule has 0 saturated carbocycles. The van der Waals surface area contributed by atoms with Gasteiger partial charge in [0.2, 0.25) is 0 Å². The highest BCUT2D eigenvalue weighted by Crippen LogP contribution is 2.40. The molecule has 0 amide bonds. The second kappa shape index (κ2) is 5.00. The molecule has 1 unspecified atom stereocenters. The van der Waals surface area contributed by atoms with E-state index in [2.05, 4.69) is 13.2 Å². The van der Waals surface area contributed by atoms with Gasteiger partial charge in [-0.1, -0.05) is 19.2 Å². The lowest BCUT2D eigenvalue weighted by molar-refractivity contribution is -0.152. The highest BCUT2D eigenvalue weighted by molar-refractivity contribution is 5.87. The fourth-order valence-corrected chi connectivity index (χ4v) is 2.47. The molecular formula is C16H17FO2. The number of rotatable bonds is 3. The first-order valence-corrected chi connectivity index (χ1v) is 6.30. The molecule has 1 aliphatic rings. The molecule has 0 aliphatic heterocycles. The lowest BCUT2D eigenvalue weighted by Gasteiger charge is -2.36. The number of fused-ring (bicyclic) bond motifs is 1. The lowest BCUT2D eigenvalue weighted by atomic mass is 9.79. The number of esters is 1. The molecule has 3 heteroatoms. The van der Waals surface area contributed by atoms with E-state index in [1.807, 2.05) is 0 Å². The number of hydrogen-bond acceptors (Lipinski definition) is 2. The fourth-order valence-electron chi connectivity index (χ4n) is 2.47. The van der Waals surface area contributed by atoms with Crippen LogP contribution in [-0.4, -0.2) is 5.97 Å². The van der Waals surface area contributed by atoms with Crippen LogP contribution in [0.4, 0.5) is 4.39 Å². The van der Waals surface area contributed by atoms with Gasteiger partial charge >= 0.3 is 5.97 Å². The van der Waals surface area contributed by atoms with Crippen LogP contribution in [0.5, 0.6) is 0 Å². The second-order valence-electron chi connectivity index (χ2n) is 4.92. The Morgan fingerprint density at radius 3 is 2.89 bits per heavy atom. The van der Waals surface area contributed by atoms with Gasteiger partial charge in [-0.05, 0) is 50.0 Å². The van der Waals surface area contributed by atoms with Crippen LogP contribution in [0, 0.1) is 5.82 Å². The molecular weight excluding hydrogens is 243 g/mol. The number of benzene rings is 1. The van der Waals surface area contributed by atoms with Crippen molar-refractivity contribution in [1.82, 2.24) is 0 Å². The Morgan fingerprint density at radius 2 is 2.26 bits per heavy atom. The van der Waals surface area contributed by atoms with Crippen molar-refractivity contribution in [3.8, 4) is 0 Å². The van der Waals surface area contributed by atoms with E-state index in [4.69, 9.17) is 4.74 Å². The lowest BCUT2D eigenvalue weighted by Crippen LogP contribution is -2.34. The van der Waals surface area contributed by atoms with E-state index in [9.17, 15) is 9.18 Å². The number of halogens is 1. The van der Waals surface area contributed by atoms with E-state index in [0.29, 0.717) is 12.0 Å². The van der Waals surface area contributed by atoms with Gasteiger partial charge in [-0.3, -0.25) is 0 Å². The number of aryl methyl sites for hydroxylation is 1. The van der Waals surface area contributed by atoms with Crippen LogP contribution < -0.4 is 0 Å². The molecule has 1 aliphatic carbocycles. The predicted molar refractivity (Wildman–Crippen MR) is 72.1 cm³/mol. The third kappa shape index (κ3) is 2.46. The monoisotopic (exact) mass is 260 g/mol. The van der Waals surface area contributed by atoms with Crippen molar-refractivity contribution >= 4 is 5.97 Å². The molecule has 2 nitrogen and oxygen atoms in total. The Morgan fingerprint density at radius 1 is 1.53 bits per heavy atom. The summed E-state index contributed by atoms with van der Waals surface area (Å²) in [6.07, 6.45) is 3.90. The molecule has 1 atom stereocenters. The number of carbonyl (C=O) groups is 1. The SMILES string of the molecule is C=CC1(OC(=O)C(=C)C)CCCc2cc(F)ccc21. The molecule has 0 bridgehead atoms. The summed E-state index contributed by atoms with van der Waals surface area (Å²) in [5.74, 6) is -0.720. The van der Waals surface area contributed by atoms with Crippen LogP contribution in [0.25, 0.3) is 0 Å². The molecule has 0 radical (unpaired) electrons. The second-order valence-corrected chi connectivity index (χ2v) is 4.92. The Labute approximate surface area is 112 Å². The van der Waals surface area contributed by atoms with E-state index < -0.39 is 11.6 Å². The van der Waals surface area contributed by atoms with Crippen molar-refractivity contribution in [3.63, 3.8) is 0 Å². The van der Waals surface area contributed by atoms with Gasteiger partial charge in [-0.15, -0.1) is 0 Å². The first-order chi connectivity index (χ1) is 8.98.